The van der Waals surface area contributed by atoms with Gasteiger partial charge in [0, 0.05) is 12.7 Å². The number of benzene rings is 1. The summed E-state index contributed by atoms with van der Waals surface area (Å²) in [7, 11) is 1.50. The molecule has 1 saturated carbocycles. The van der Waals surface area contributed by atoms with E-state index in [-0.39, 0.29) is 0 Å². The van der Waals surface area contributed by atoms with E-state index >= 15 is 0 Å². The summed E-state index contributed by atoms with van der Waals surface area (Å²) in [5.41, 5.74) is -4.84. The van der Waals surface area contributed by atoms with Crippen LogP contribution in [0.15, 0.2) is 24.3 Å². The number of likely N-dealkylation sites (N-methyl/N-ethyl adjacent to an activating group) is 1. The van der Waals surface area contributed by atoms with Crippen LogP contribution < -0.4 is 10.2 Å². The molecule has 22 heavy (non-hydrogen) atoms. The molecule has 3 aliphatic rings. The molecule has 2 aliphatic heterocycles. The van der Waals surface area contributed by atoms with Crippen molar-refractivity contribution >= 4 is 23.4 Å². The first-order valence-corrected chi connectivity index (χ1v) is 6.53. The standard InChI is InChI=1S/C15H8N4O3/c1-19-9-5-3-2-4-8(9)15(12(19)22)13(6-16)10(20)18-11(21)14(13,15)7-17/h2-5H,1H3,(H,18,20,21)/t13-,14-/m1/s1. The zero-order chi connectivity index (χ0) is 15.9. The first-order chi connectivity index (χ1) is 10.5. The van der Waals surface area contributed by atoms with Crippen LogP contribution in [0.5, 0.6) is 0 Å². The molecular weight excluding hydrogens is 284 g/mol. The van der Waals surface area contributed by atoms with Crippen LogP contribution in [-0.4, -0.2) is 24.8 Å². The summed E-state index contributed by atoms with van der Waals surface area (Å²) in [6.07, 6.45) is 0. The number of carbonyl (C=O) groups excluding carboxylic acids is 3. The molecule has 7 heteroatoms. The van der Waals surface area contributed by atoms with E-state index in [0.29, 0.717) is 11.3 Å². The number of nitrogens with one attached hydrogen (secondary N) is 1. The summed E-state index contributed by atoms with van der Waals surface area (Å²) in [6, 6.07) is 10.2. The molecular formula is C15H8N4O3. The summed E-state index contributed by atoms with van der Waals surface area (Å²) in [5.74, 6) is -2.32. The second-order valence-electron chi connectivity index (χ2n) is 5.64. The third-order valence-corrected chi connectivity index (χ3v) is 5.16. The van der Waals surface area contributed by atoms with Gasteiger partial charge in [-0.3, -0.25) is 19.7 Å². The van der Waals surface area contributed by atoms with E-state index in [2.05, 4.69) is 0 Å². The highest BCUT2D eigenvalue weighted by Gasteiger charge is 3.03. The second kappa shape index (κ2) is 3.18. The minimum atomic E-state index is -2.00. The highest BCUT2D eigenvalue weighted by atomic mass is 16.2. The van der Waals surface area contributed by atoms with E-state index < -0.39 is 34.0 Å². The number of amides is 3. The molecule has 1 aliphatic carbocycles. The van der Waals surface area contributed by atoms with Crippen LogP contribution in [0.3, 0.4) is 0 Å². The van der Waals surface area contributed by atoms with Gasteiger partial charge in [-0.25, -0.2) is 0 Å². The van der Waals surface area contributed by atoms with Crippen LogP contribution >= 0.6 is 0 Å². The Balaban J connectivity index is 2.16. The largest absolute Gasteiger partial charge is 0.314 e. The molecule has 2 atom stereocenters. The van der Waals surface area contributed by atoms with Gasteiger partial charge in [-0.05, 0) is 11.6 Å². The van der Waals surface area contributed by atoms with Gasteiger partial charge in [-0.15, -0.1) is 0 Å². The highest BCUT2D eigenvalue weighted by Crippen LogP contribution is 2.83. The first kappa shape index (κ1) is 12.5. The number of anilines is 1. The molecule has 1 N–H and O–H groups in total. The van der Waals surface area contributed by atoms with Gasteiger partial charge in [0.2, 0.25) is 5.91 Å². The molecule has 2 heterocycles. The summed E-state index contributed by atoms with van der Waals surface area (Å²) >= 11 is 0. The van der Waals surface area contributed by atoms with Gasteiger partial charge >= 0.3 is 0 Å². The van der Waals surface area contributed by atoms with Gasteiger partial charge in [0.05, 0.1) is 12.1 Å². The second-order valence-corrected chi connectivity index (χ2v) is 5.64. The Kier molecular flexibility index (Phi) is 1.81. The molecule has 0 unspecified atom stereocenters. The lowest BCUT2D eigenvalue weighted by Crippen LogP contribution is -2.44. The maximum absolute atomic E-state index is 12.9. The molecule has 0 radical (unpaired) electrons. The molecule has 1 saturated heterocycles. The summed E-state index contributed by atoms with van der Waals surface area (Å²) < 4.78 is 0. The van der Waals surface area contributed by atoms with E-state index in [1.54, 1.807) is 24.3 Å². The number of nitriles is 2. The molecule has 7 nitrogen and oxygen atoms in total. The van der Waals surface area contributed by atoms with Crippen LogP contribution in [0, 0.1) is 33.5 Å². The van der Waals surface area contributed by atoms with Crippen molar-refractivity contribution in [2.24, 2.45) is 10.8 Å². The number of piperidine rings is 1. The fourth-order valence-corrected chi connectivity index (χ4v) is 4.26. The van der Waals surface area contributed by atoms with Gasteiger partial charge in [0.25, 0.3) is 11.8 Å². The van der Waals surface area contributed by atoms with Gasteiger partial charge < -0.3 is 4.90 Å². The smallest absolute Gasteiger partial charge is 0.250 e. The minimum absolute atomic E-state index is 0.383. The predicted molar refractivity (Wildman–Crippen MR) is 70.8 cm³/mol. The van der Waals surface area contributed by atoms with Crippen LogP contribution in [0.1, 0.15) is 5.56 Å². The maximum atomic E-state index is 12.9. The zero-order valence-electron chi connectivity index (χ0n) is 11.4. The minimum Gasteiger partial charge on any atom is -0.314 e. The monoisotopic (exact) mass is 292 g/mol. The average molecular weight is 292 g/mol. The molecule has 3 amide bonds. The molecule has 0 bridgehead atoms. The number of fused-ring (bicyclic) bond motifs is 5. The van der Waals surface area contributed by atoms with Crippen LogP contribution in [0.2, 0.25) is 0 Å². The van der Waals surface area contributed by atoms with Crippen molar-refractivity contribution in [3.05, 3.63) is 29.8 Å². The van der Waals surface area contributed by atoms with E-state index in [1.807, 2.05) is 17.5 Å². The van der Waals surface area contributed by atoms with Crippen molar-refractivity contribution in [2.45, 2.75) is 5.41 Å². The Hall–Kier alpha value is -3.19. The number of carbonyl (C=O) groups is 3. The van der Waals surface area contributed by atoms with E-state index in [9.17, 15) is 24.9 Å². The Labute approximate surface area is 124 Å². The number of hydrogen-bond acceptors (Lipinski definition) is 5. The van der Waals surface area contributed by atoms with Crippen molar-refractivity contribution in [3.63, 3.8) is 0 Å². The van der Waals surface area contributed by atoms with Gasteiger partial charge in [0.15, 0.2) is 10.8 Å². The third kappa shape index (κ3) is 0.751. The summed E-state index contributed by atoms with van der Waals surface area (Å²) in [4.78, 5) is 38.7. The van der Waals surface area contributed by atoms with E-state index in [1.165, 1.54) is 11.9 Å². The van der Waals surface area contributed by atoms with Crippen molar-refractivity contribution in [1.82, 2.24) is 5.32 Å². The van der Waals surface area contributed by atoms with Crippen LogP contribution in [0.25, 0.3) is 0 Å². The number of hydrogen-bond donors (Lipinski definition) is 1. The molecule has 106 valence electrons. The molecule has 1 aromatic carbocycles. The fraction of sp³-hybridized carbons (Fsp3) is 0.267. The Morgan fingerprint density at radius 1 is 1.05 bits per heavy atom. The highest BCUT2D eigenvalue weighted by molar-refractivity contribution is 6.31. The average Bonchev–Trinajstić information content (AvgIpc) is 2.94. The van der Waals surface area contributed by atoms with Crippen LogP contribution in [0.4, 0.5) is 5.69 Å². The number of rotatable bonds is 0. The number of nitrogens with zero attached hydrogens (tertiary/aromatic N) is 3. The zero-order valence-corrected chi connectivity index (χ0v) is 11.4. The van der Waals surface area contributed by atoms with Gasteiger partial charge in [-0.2, -0.15) is 10.5 Å². The Morgan fingerprint density at radius 3 is 2.14 bits per heavy atom. The Morgan fingerprint density at radius 2 is 1.59 bits per heavy atom. The van der Waals surface area contributed by atoms with Crippen molar-refractivity contribution in [3.8, 4) is 12.1 Å². The lowest BCUT2D eigenvalue weighted by Gasteiger charge is -2.16. The lowest BCUT2D eigenvalue weighted by atomic mass is 9.84. The lowest BCUT2D eigenvalue weighted by molar-refractivity contribution is -0.133. The van der Waals surface area contributed by atoms with Crippen molar-refractivity contribution in [2.75, 3.05) is 11.9 Å². The topological polar surface area (TPSA) is 114 Å². The van der Waals surface area contributed by atoms with Crippen LogP contribution in [-0.2, 0) is 19.8 Å². The Bertz CT molecular complexity index is 855. The first-order valence-electron chi connectivity index (χ1n) is 6.53. The van der Waals surface area contributed by atoms with Crippen molar-refractivity contribution < 1.29 is 14.4 Å². The quantitative estimate of drug-likeness (QED) is 0.653. The molecule has 2 fully saturated rings. The fourth-order valence-electron chi connectivity index (χ4n) is 4.26. The molecule has 0 aromatic heterocycles. The summed E-state index contributed by atoms with van der Waals surface area (Å²) in [5, 5.41) is 21.3. The number of imide groups is 1. The normalized spacial score (nSPS) is 37.4. The molecule has 1 spiro atoms. The third-order valence-electron chi connectivity index (χ3n) is 5.16. The van der Waals surface area contributed by atoms with E-state index in [4.69, 9.17) is 0 Å². The SMILES string of the molecule is CN1C(=O)C2(c3ccccc31)[C@]1(C#N)C(=O)NC(=O)[C@@]21C#N. The maximum Gasteiger partial charge on any atom is 0.250 e. The predicted octanol–water partition coefficient (Wildman–Crippen LogP) is -0.409. The van der Waals surface area contributed by atoms with E-state index in [0.717, 1.165) is 0 Å². The number of para-hydroxylation sites is 1. The van der Waals surface area contributed by atoms with Gasteiger partial charge in [-0.1, -0.05) is 18.2 Å². The molecule has 4 rings (SSSR count). The molecule has 1 aromatic rings. The summed E-state index contributed by atoms with van der Waals surface area (Å²) in [6.45, 7) is 0. The van der Waals surface area contributed by atoms with Crippen molar-refractivity contribution in [1.29, 1.82) is 10.5 Å². The van der Waals surface area contributed by atoms with Gasteiger partial charge in [0.1, 0.15) is 5.41 Å².